The first-order chi connectivity index (χ1) is 14.4. The molecule has 2 N–H and O–H groups in total. The van der Waals surface area contributed by atoms with Gasteiger partial charge in [-0.15, -0.1) is 0 Å². The van der Waals surface area contributed by atoms with E-state index in [0.29, 0.717) is 11.8 Å². The molecular weight excluding hydrogens is 372 g/mol. The van der Waals surface area contributed by atoms with Gasteiger partial charge in [0.2, 0.25) is 0 Å². The Hall–Kier alpha value is -2.82. The highest BCUT2D eigenvalue weighted by Crippen LogP contribution is 2.38. The molecular formula is C25H32N4O. The summed E-state index contributed by atoms with van der Waals surface area (Å²) in [6.07, 6.45) is 2.02. The SMILES string of the molecule is CNC(=O)N1CCC(c2ccc3[nH]c(-c4cc(C)nc(C)c4)c(C(C)C)c3c2)CC1. The molecule has 0 bridgehead atoms. The monoisotopic (exact) mass is 404 g/mol. The Balaban J connectivity index is 1.71. The van der Waals surface area contributed by atoms with E-state index in [9.17, 15) is 4.79 Å². The van der Waals surface area contributed by atoms with Gasteiger partial charge in [-0.2, -0.15) is 0 Å². The van der Waals surface area contributed by atoms with Gasteiger partial charge in [-0.25, -0.2) is 4.79 Å². The molecule has 0 spiro atoms. The number of rotatable bonds is 3. The zero-order valence-corrected chi connectivity index (χ0v) is 18.7. The molecule has 4 rings (SSSR count). The van der Waals surface area contributed by atoms with Gasteiger partial charge in [0.1, 0.15) is 0 Å². The maximum absolute atomic E-state index is 11.9. The number of nitrogens with zero attached hydrogens (tertiary/aromatic N) is 2. The first kappa shape index (κ1) is 20.5. The Bertz CT molecular complexity index is 1050. The molecule has 0 atom stereocenters. The van der Waals surface area contributed by atoms with E-state index in [1.165, 1.54) is 33.3 Å². The summed E-state index contributed by atoms with van der Waals surface area (Å²) in [4.78, 5) is 22.0. The Morgan fingerprint density at radius 1 is 1.13 bits per heavy atom. The van der Waals surface area contributed by atoms with Crippen LogP contribution < -0.4 is 5.32 Å². The lowest BCUT2D eigenvalue weighted by atomic mass is 9.87. The summed E-state index contributed by atoms with van der Waals surface area (Å²) in [5.41, 5.74) is 8.45. The number of piperidine rings is 1. The number of benzene rings is 1. The van der Waals surface area contributed by atoms with Crippen LogP contribution in [-0.4, -0.2) is 41.0 Å². The van der Waals surface area contributed by atoms with E-state index in [1.54, 1.807) is 7.05 Å². The highest BCUT2D eigenvalue weighted by molar-refractivity contribution is 5.92. The van der Waals surface area contributed by atoms with Crippen molar-refractivity contribution in [2.45, 2.75) is 52.4 Å². The normalized spacial score (nSPS) is 15.2. The number of carbonyl (C=O) groups is 1. The van der Waals surface area contributed by atoms with Crippen LogP contribution in [0.3, 0.4) is 0 Å². The molecule has 3 aromatic rings. The average molecular weight is 405 g/mol. The molecule has 0 aliphatic carbocycles. The molecule has 30 heavy (non-hydrogen) atoms. The van der Waals surface area contributed by atoms with Crippen LogP contribution in [-0.2, 0) is 0 Å². The minimum atomic E-state index is 0.0317. The summed E-state index contributed by atoms with van der Waals surface area (Å²) >= 11 is 0. The number of urea groups is 1. The van der Waals surface area contributed by atoms with Crippen molar-refractivity contribution < 1.29 is 4.79 Å². The second kappa shape index (κ2) is 8.13. The number of likely N-dealkylation sites (tertiary alicyclic amines) is 1. The highest BCUT2D eigenvalue weighted by atomic mass is 16.2. The van der Waals surface area contributed by atoms with Gasteiger partial charge in [-0.1, -0.05) is 19.9 Å². The van der Waals surface area contributed by atoms with Crippen LogP contribution in [0.25, 0.3) is 22.2 Å². The number of H-pyrrole nitrogens is 1. The molecule has 1 saturated heterocycles. The molecule has 1 aliphatic rings. The molecule has 1 fully saturated rings. The van der Waals surface area contributed by atoms with Crippen molar-refractivity contribution in [3.63, 3.8) is 0 Å². The number of aryl methyl sites for hydroxylation is 2. The Labute approximate surface area is 178 Å². The summed E-state index contributed by atoms with van der Waals surface area (Å²) in [5.74, 6) is 0.909. The molecule has 1 aliphatic heterocycles. The number of aromatic nitrogens is 2. The van der Waals surface area contributed by atoms with Gasteiger partial charge < -0.3 is 15.2 Å². The van der Waals surface area contributed by atoms with Gasteiger partial charge in [-0.3, -0.25) is 4.98 Å². The van der Waals surface area contributed by atoms with Crippen molar-refractivity contribution in [2.24, 2.45) is 0 Å². The number of fused-ring (bicyclic) bond motifs is 1. The summed E-state index contributed by atoms with van der Waals surface area (Å²) in [5, 5.41) is 4.06. The zero-order chi connectivity index (χ0) is 21.4. The van der Waals surface area contributed by atoms with Crippen LogP contribution in [0.1, 0.15) is 61.0 Å². The molecule has 0 radical (unpaired) electrons. The first-order valence-corrected chi connectivity index (χ1v) is 10.9. The first-order valence-electron chi connectivity index (χ1n) is 10.9. The molecule has 158 valence electrons. The standard InChI is InChI=1S/C25H32N4O/c1-15(2)23-21-14-19(18-8-10-29(11-9-18)25(30)26-5)6-7-22(21)28-24(23)20-12-16(3)27-17(4)13-20/h6-7,12-15,18,28H,8-11H2,1-5H3,(H,26,30). The third-order valence-electron chi connectivity index (χ3n) is 6.28. The quantitative estimate of drug-likeness (QED) is 0.606. The largest absolute Gasteiger partial charge is 0.354 e. The third kappa shape index (κ3) is 3.81. The lowest BCUT2D eigenvalue weighted by Crippen LogP contribution is -2.42. The fraction of sp³-hybridized carbons (Fsp3) is 0.440. The molecule has 2 amide bonds. The smallest absolute Gasteiger partial charge is 0.317 e. The molecule has 5 heteroatoms. The van der Waals surface area contributed by atoms with Crippen LogP contribution in [0.5, 0.6) is 0 Å². The summed E-state index contributed by atoms with van der Waals surface area (Å²) < 4.78 is 0. The maximum atomic E-state index is 11.9. The number of amides is 2. The van der Waals surface area contributed by atoms with E-state index in [2.05, 4.69) is 73.3 Å². The van der Waals surface area contributed by atoms with E-state index < -0.39 is 0 Å². The maximum Gasteiger partial charge on any atom is 0.317 e. The van der Waals surface area contributed by atoms with E-state index in [0.717, 1.165) is 37.3 Å². The van der Waals surface area contributed by atoms with Gasteiger partial charge in [-0.05, 0) is 73.9 Å². The van der Waals surface area contributed by atoms with E-state index in [1.807, 2.05) is 4.90 Å². The second-order valence-electron chi connectivity index (χ2n) is 8.83. The minimum Gasteiger partial charge on any atom is -0.354 e. The van der Waals surface area contributed by atoms with Crippen molar-refractivity contribution in [3.05, 3.63) is 52.8 Å². The van der Waals surface area contributed by atoms with Gasteiger partial charge in [0.05, 0.1) is 5.69 Å². The van der Waals surface area contributed by atoms with E-state index >= 15 is 0 Å². The molecule has 2 aromatic heterocycles. The van der Waals surface area contributed by atoms with Crippen LogP contribution in [0.4, 0.5) is 4.79 Å². The lowest BCUT2D eigenvalue weighted by molar-refractivity contribution is 0.183. The number of hydrogen-bond acceptors (Lipinski definition) is 2. The number of hydrogen-bond donors (Lipinski definition) is 2. The van der Waals surface area contributed by atoms with Crippen molar-refractivity contribution in [3.8, 4) is 11.3 Å². The number of pyridine rings is 1. The summed E-state index contributed by atoms with van der Waals surface area (Å²) in [7, 11) is 1.70. The summed E-state index contributed by atoms with van der Waals surface area (Å²) in [6, 6.07) is 11.2. The van der Waals surface area contributed by atoms with Gasteiger partial charge in [0, 0.05) is 48.0 Å². The molecule has 5 nitrogen and oxygen atoms in total. The van der Waals surface area contributed by atoms with E-state index in [-0.39, 0.29) is 6.03 Å². The van der Waals surface area contributed by atoms with Gasteiger partial charge in [0.25, 0.3) is 0 Å². The number of nitrogens with one attached hydrogen (secondary N) is 2. The fourth-order valence-electron chi connectivity index (χ4n) is 4.86. The molecule has 0 saturated carbocycles. The van der Waals surface area contributed by atoms with Crippen LogP contribution in [0.2, 0.25) is 0 Å². The van der Waals surface area contributed by atoms with Crippen molar-refractivity contribution >= 4 is 16.9 Å². The Morgan fingerprint density at radius 3 is 2.40 bits per heavy atom. The van der Waals surface area contributed by atoms with Crippen LogP contribution in [0, 0.1) is 13.8 Å². The van der Waals surface area contributed by atoms with Crippen molar-refractivity contribution in [1.82, 2.24) is 20.2 Å². The topological polar surface area (TPSA) is 61.0 Å². The summed E-state index contributed by atoms with van der Waals surface area (Å²) in [6.45, 7) is 10.3. The lowest BCUT2D eigenvalue weighted by Gasteiger charge is -2.32. The predicted octanol–water partition coefficient (Wildman–Crippen LogP) is 5.49. The molecule has 3 heterocycles. The zero-order valence-electron chi connectivity index (χ0n) is 18.7. The van der Waals surface area contributed by atoms with Crippen molar-refractivity contribution in [1.29, 1.82) is 0 Å². The van der Waals surface area contributed by atoms with Crippen LogP contribution in [0.15, 0.2) is 30.3 Å². The third-order valence-corrected chi connectivity index (χ3v) is 6.28. The average Bonchev–Trinajstić information content (AvgIpc) is 3.11. The fourth-order valence-corrected chi connectivity index (χ4v) is 4.86. The predicted molar refractivity (Wildman–Crippen MR) is 123 cm³/mol. The molecule has 1 aromatic carbocycles. The number of aromatic amines is 1. The van der Waals surface area contributed by atoms with Gasteiger partial charge >= 0.3 is 6.03 Å². The Kier molecular flexibility index (Phi) is 5.54. The minimum absolute atomic E-state index is 0.0317. The Morgan fingerprint density at radius 2 is 1.80 bits per heavy atom. The highest BCUT2D eigenvalue weighted by Gasteiger charge is 2.24. The van der Waals surface area contributed by atoms with Crippen LogP contribution >= 0.6 is 0 Å². The number of carbonyl (C=O) groups excluding carboxylic acids is 1. The molecule has 0 unspecified atom stereocenters. The van der Waals surface area contributed by atoms with Crippen molar-refractivity contribution in [2.75, 3.05) is 20.1 Å². The second-order valence-corrected chi connectivity index (χ2v) is 8.83. The van der Waals surface area contributed by atoms with Gasteiger partial charge in [0.15, 0.2) is 0 Å². The van der Waals surface area contributed by atoms with E-state index in [4.69, 9.17) is 0 Å².